The van der Waals surface area contributed by atoms with Gasteiger partial charge in [0.2, 0.25) is 5.91 Å². The topological polar surface area (TPSA) is 64.9 Å². The van der Waals surface area contributed by atoms with Crippen molar-refractivity contribution < 1.29 is 4.79 Å². The Morgan fingerprint density at radius 1 is 1.80 bits per heavy atom. The molecule has 1 heterocycles. The summed E-state index contributed by atoms with van der Waals surface area (Å²) in [4.78, 5) is 10.7. The fourth-order valence-electron chi connectivity index (χ4n) is 0.868. The van der Waals surface area contributed by atoms with Gasteiger partial charge in [-0.2, -0.15) is 5.26 Å². The maximum Gasteiger partial charge on any atom is 0.233 e. The first-order chi connectivity index (χ1) is 4.83. The first-order valence-corrected chi connectivity index (χ1v) is 3.21. The summed E-state index contributed by atoms with van der Waals surface area (Å²) in [6.45, 7) is 1.80. The third-order valence-corrected chi connectivity index (χ3v) is 1.54. The highest BCUT2D eigenvalue weighted by atomic mass is 16.1. The molecule has 1 aliphatic heterocycles. The fraction of sp³-hybridized carbons (Fsp3) is 0.667. The van der Waals surface area contributed by atoms with Gasteiger partial charge in [-0.15, -0.1) is 0 Å². The molecule has 54 valence electrons. The fourth-order valence-corrected chi connectivity index (χ4v) is 0.868. The van der Waals surface area contributed by atoms with Crippen molar-refractivity contribution in [2.75, 3.05) is 13.1 Å². The van der Waals surface area contributed by atoms with Crippen LogP contribution in [0.3, 0.4) is 0 Å². The molecule has 0 aromatic carbocycles. The molecular formula is C6H9N3O. The lowest BCUT2D eigenvalue weighted by atomic mass is 9.99. The number of hydrogen-bond donors (Lipinski definition) is 2. The summed E-state index contributed by atoms with van der Waals surface area (Å²) >= 11 is 0. The number of carbonyl (C=O) groups is 1. The Hall–Kier alpha value is -1.08. The molecule has 1 aliphatic rings. The SMILES string of the molecule is N#CNC(=O)CC1CNC1. The molecule has 0 radical (unpaired) electrons. The second-order valence-electron chi connectivity index (χ2n) is 2.39. The van der Waals surface area contributed by atoms with Crippen molar-refractivity contribution in [1.82, 2.24) is 10.6 Å². The summed E-state index contributed by atoms with van der Waals surface area (Å²) in [5, 5.41) is 13.2. The number of nitriles is 1. The Morgan fingerprint density at radius 3 is 2.90 bits per heavy atom. The van der Waals surface area contributed by atoms with Crippen molar-refractivity contribution >= 4 is 5.91 Å². The molecule has 1 amide bonds. The number of rotatable bonds is 2. The Bertz CT molecular complexity index is 168. The molecule has 1 rings (SSSR count). The second-order valence-corrected chi connectivity index (χ2v) is 2.39. The van der Waals surface area contributed by atoms with E-state index in [4.69, 9.17) is 5.26 Å². The molecule has 10 heavy (non-hydrogen) atoms. The van der Waals surface area contributed by atoms with E-state index in [1.54, 1.807) is 6.19 Å². The van der Waals surface area contributed by atoms with E-state index in [9.17, 15) is 4.79 Å². The maximum atomic E-state index is 10.7. The van der Waals surface area contributed by atoms with Crippen molar-refractivity contribution in [3.8, 4) is 6.19 Å². The predicted molar refractivity (Wildman–Crippen MR) is 34.7 cm³/mol. The van der Waals surface area contributed by atoms with Crippen LogP contribution in [0.1, 0.15) is 6.42 Å². The zero-order valence-electron chi connectivity index (χ0n) is 5.55. The van der Waals surface area contributed by atoms with Crippen LogP contribution in [0.5, 0.6) is 0 Å². The molecule has 4 nitrogen and oxygen atoms in total. The largest absolute Gasteiger partial charge is 0.316 e. The molecule has 0 saturated carbocycles. The summed E-state index contributed by atoms with van der Waals surface area (Å²) in [6, 6.07) is 0. The molecule has 0 unspecified atom stereocenters. The summed E-state index contributed by atoms with van der Waals surface area (Å²) in [5.74, 6) is 0.266. The zero-order chi connectivity index (χ0) is 7.40. The minimum absolute atomic E-state index is 0.172. The standard InChI is InChI=1S/C6H9N3O/c7-4-9-6(10)1-5-2-8-3-5/h5,8H,1-3H2,(H,9,10). The highest BCUT2D eigenvalue weighted by Gasteiger charge is 2.19. The molecule has 4 heteroatoms. The Balaban J connectivity index is 2.12. The molecule has 0 spiro atoms. The number of hydrogen-bond acceptors (Lipinski definition) is 3. The Kier molecular flexibility index (Phi) is 2.24. The lowest BCUT2D eigenvalue weighted by Gasteiger charge is -2.25. The third-order valence-electron chi connectivity index (χ3n) is 1.54. The first kappa shape index (κ1) is 7.03. The predicted octanol–water partition coefficient (Wildman–Crippen LogP) is -0.807. The van der Waals surface area contributed by atoms with Gasteiger partial charge in [0.25, 0.3) is 0 Å². The third kappa shape index (κ3) is 1.71. The molecule has 0 aromatic heterocycles. The van der Waals surface area contributed by atoms with E-state index in [1.807, 2.05) is 0 Å². The van der Waals surface area contributed by atoms with Crippen molar-refractivity contribution in [1.29, 1.82) is 5.26 Å². The van der Waals surface area contributed by atoms with Crippen LogP contribution in [0.2, 0.25) is 0 Å². The van der Waals surface area contributed by atoms with Gasteiger partial charge in [0.15, 0.2) is 6.19 Å². The quantitative estimate of drug-likeness (QED) is 0.388. The average molecular weight is 139 g/mol. The Labute approximate surface area is 59.2 Å². The lowest BCUT2D eigenvalue weighted by molar-refractivity contribution is -0.121. The lowest BCUT2D eigenvalue weighted by Crippen LogP contribution is -2.44. The van der Waals surface area contributed by atoms with E-state index in [0.29, 0.717) is 12.3 Å². The molecule has 0 bridgehead atoms. The normalized spacial score (nSPS) is 17.1. The van der Waals surface area contributed by atoms with Gasteiger partial charge in [-0.25, -0.2) is 0 Å². The van der Waals surface area contributed by atoms with E-state index >= 15 is 0 Å². The highest BCUT2D eigenvalue weighted by Crippen LogP contribution is 2.06. The first-order valence-electron chi connectivity index (χ1n) is 3.21. The molecule has 1 fully saturated rings. The summed E-state index contributed by atoms with van der Waals surface area (Å²) in [5.41, 5.74) is 0. The zero-order valence-corrected chi connectivity index (χ0v) is 5.55. The van der Waals surface area contributed by atoms with E-state index in [1.165, 1.54) is 0 Å². The van der Waals surface area contributed by atoms with Crippen molar-refractivity contribution in [3.05, 3.63) is 0 Å². The van der Waals surface area contributed by atoms with E-state index in [2.05, 4.69) is 10.6 Å². The van der Waals surface area contributed by atoms with Gasteiger partial charge in [-0.1, -0.05) is 0 Å². The van der Waals surface area contributed by atoms with E-state index in [0.717, 1.165) is 13.1 Å². The van der Waals surface area contributed by atoms with Crippen molar-refractivity contribution in [2.45, 2.75) is 6.42 Å². The minimum atomic E-state index is -0.172. The highest BCUT2D eigenvalue weighted by molar-refractivity contribution is 5.77. The van der Waals surface area contributed by atoms with Gasteiger partial charge in [0.05, 0.1) is 0 Å². The van der Waals surface area contributed by atoms with Crippen molar-refractivity contribution in [3.63, 3.8) is 0 Å². The number of carbonyl (C=O) groups excluding carboxylic acids is 1. The van der Waals surface area contributed by atoms with Gasteiger partial charge in [0, 0.05) is 6.42 Å². The van der Waals surface area contributed by atoms with Crippen LogP contribution >= 0.6 is 0 Å². The molecule has 0 aliphatic carbocycles. The Morgan fingerprint density at radius 2 is 2.50 bits per heavy atom. The van der Waals surface area contributed by atoms with Crippen LogP contribution < -0.4 is 10.6 Å². The van der Waals surface area contributed by atoms with Gasteiger partial charge in [0.1, 0.15) is 0 Å². The number of nitrogens with one attached hydrogen (secondary N) is 2. The van der Waals surface area contributed by atoms with Gasteiger partial charge < -0.3 is 5.32 Å². The van der Waals surface area contributed by atoms with Crippen LogP contribution in [0.15, 0.2) is 0 Å². The molecule has 0 atom stereocenters. The van der Waals surface area contributed by atoms with Gasteiger partial charge in [-0.3, -0.25) is 10.1 Å². The molecule has 0 aromatic rings. The number of nitrogens with zero attached hydrogens (tertiary/aromatic N) is 1. The average Bonchev–Trinajstić information content (AvgIpc) is 1.80. The van der Waals surface area contributed by atoms with E-state index < -0.39 is 0 Å². The smallest absolute Gasteiger partial charge is 0.233 e. The number of amides is 1. The summed E-state index contributed by atoms with van der Waals surface area (Å²) < 4.78 is 0. The molecule has 1 saturated heterocycles. The van der Waals surface area contributed by atoms with Gasteiger partial charge >= 0.3 is 0 Å². The summed E-state index contributed by atoms with van der Waals surface area (Å²) in [7, 11) is 0. The second kappa shape index (κ2) is 3.18. The van der Waals surface area contributed by atoms with Crippen LogP contribution in [0.25, 0.3) is 0 Å². The van der Waals surface area contributed by atoms with Crippen LogP contribution in [0, 0.1) is 17.4 Å². The minimum Gasteiger partial charge on any atom is -0.316 e. The van der Waals surface area contributed by atoms with Crippen LogP contribution in [0.4, 0.5) is 0 Å². The van der Waals surface area contributed by atoms with Crippen LogP contribution in [-0.4, -0.2) is 19.0 Å². The molecule has 2 N–H and O–H groups in total. The van der Waals surface area contributed by atoms with Gasteiger partial charge in [-0.05, 0) is 19.0 Å². The maximum absolute atomic E-state index is 10.7. The molecular weight excluding hydrogens is 130 g/mol. The van der Waals surface area contributed by atoms with Crippen LogP contribution in [-0.2, 0) is 4.79 Å². The van der Waals surface area contributed by atoms with Crippen molar-refractivity contribution in [2.24, 2.45) is 5.92 Å². The monoisotopic (exact) mass is 139 g/mol. The summed E-state index contributed by atoms with van der Waals surface area (Å²) in [6.07, 6.45) is 2.07. The van der Waals surface area contributed by atoms with E-state index in [-0.39, 0.29) is 5.91 Å².